The van der Waals surface area contributed by atoms with E-state index in [1.54, 1.807) is 12.1 Å². The number of hydrogen-bond acceptors (Lipinski definition) is 2. The third kappa shape index (κ3) is 4.48. The molecule has 27 heavy (non-hydrogen) atoms. The van der Waals surface area contributed by atoms with Crippen molar-refractivity contribution in [1.82, 2.24) is 10.2 Å². The van der Waals surface area contributed by atoms with Gasteiger partial charge in [0.2, 0.25) is 0 Å². The van der Waals surface area contributed by atoms with Crippen LogP contribution in [0, 0.1) is 5.82 Å². The number of urea groups is 1. The fraction of sp³-hybridized carbons (Fsp3) is 0.409. The van der Waals surface area contributed by atoms with E-state index >= 15 is 0 Å². The Morgan fingerprint density at radius 3 is 2.48 bits per heavy atom. The summed E-state index contributed by atoms with van der Waals surface area (Å²) in [6.45, 7) is 0.985. The summed E-state index contributed by atoms with van der Waals surface area (Å²) in [4.78, 5) is 15.0. The maximum absolute atomic E-state index is 13.3. The van der Waals surface area contributed by atoms with E-state index in [-0.39, 0.29) is 17.9 Å². The van der Waals surface area contributed by atoms with E-state index < -0.39 is 0 Å². The highest BCUT2D eigenvalue weighted by molar-refractivity contribution is 5.89. The molecule has 4 rings (SSSR count). The lowest BCUT2D eigenvalue weighted by Gasteiger charge is -2.49. The predicted octanol–water partition coefficient (Wildman–Crippen LogP) is 4.53. The molecule has 0 aromatic heterocycles. The molecule has 4 nitrogen and oxygen atoms in total. The summed E-state index contributed by atoms with van der Waals surface area (Å²) in [5, 5.41) is 5.84. The van der Waals surface area contributed by atoms with Crippen LogP contribution in [0.2, 0.25) is 0 Å². The van der Waals surface area contributed by atoms with Crippen molar-refractivity contribution in [1.29, 1.82) is 0 Å². The van der Waals surface area contributed by atoms with Crippen LogP contribution in [0.3, 0.4) is 0 Å². The van der Waals surface area contributed by atoms with Crippen molar-refractivity contribution in [2.75, 3.05) is 5.32 Å². The zero-order chi connectivity index (χ0) is 18.6. The summed E-state index contributed by atoms with van der Waals surface area (Å²) in [6.07, 6.45) is 5.59. The first kappa shape index (κ1) is 18.0. The van der Waals surface area contributed by atoms with E-state index in [9.17, 15) is 9.18 Å². The number of carbonyl (C=O) groups excluding carboxylic acids is 1. The monoisotopic (exact) mass is 367 g/mol. The van der Waals surface area contributed by atoms with E-state index in [2.05, 4.69) is 45.9 Å². The fourth-order valence-electron chi connectivity index (χ4n) is 4.57. The highest BCUT2D eigenvalue weighted by atomic mass is 19.1. The lowest BCUT2D eigenvalue weighted by molar-refractivity contribution is 0.0200. The van der Waals surface area contributed by atoms with Gasteiger partial charge in [0.1, 0.15) is 5.82 Å². The molecular weight excluding hydrogens is 341 g/mol. The summed E-state index contributed by atoms with van der Waals surface area (Å²) in [7, 11) is 0. The molecule has 2 amide bonds. The number of amides is 2. The van der Waals surface area contributed by atoms with Crippen LogP contribution in [0.15, 0.2) is 54.6 Å². The fourth-order valence-corrected chi connectivity index (χ4v) is 4.57. The number of halogens is 1. The van der Waals surface area contributed by atoms with Crippen molar-refractivity contribution in [3.05, 3.63) is 66.0 Å². The maximum atomic E-state index is 13.3. The second kappa shape index (κ2) is 8.09. The van der Waals surface area contributed by atoms with Gasteiger partial charge in [-0.2, -0.15) is 0 Å². The minimum Gasteiger partial charge on any atom is -0.335 e. The second-order valence-corrected chi connectivity index (χ2v) is 7.67. The van der Waals surface area contributed by atoms with Crippen LogP contribution in [0.25, 0.3) is 0 Å². The molecule has 2 aromatic carbocycles. The van der Waals surface area contributed by atoms with Gasteiger partial charge in [-0.25, -0.2) is 9.18 Å². The maximum Gasteiger partial charge on any atom is 0.319 e. The van der Waals surface area contributed by atoms with Crippen molar-refractivity contribution in [3.63, 3.8) is 0 Å². The van der Waals surface area contributed by atoms with Gasteiger partial charge in [-0.1, -0.05) is 42.8 Å². The van der Waals surface area contributed by atoms with Crippen LogP contribution in [0.4, 0.5) is 14.9 Å². The molecule has 2 fully saturated rings. The Balaban J connectivity index is 1.36. The largest absolute Gasteiger partial charge is 0.335 e. The zero-order valence-electron chi connectivity index (χ0n) is 15.4. The number of nitrogens with zero attached hydrogens (tertiary/aromatic N) is 1. The van der Waals surface area contributed by atoms with E-state index in [0.717, 1.165) is 19.4 Å². The smallest absolute Gasteiger partial charge is 0.319 e. The van der Waals surface area contributed by atoms with E-state index in [1.165, 1.54) is 37.0 Å². The van der Waals surface area contributed by atoms with Gasteiger partial charge in [0, 0.05) is 30.4 Å². The molecule has 0 aliphatic carbocycles. The van der Waals surface area contributed by atoms with Crippen molar-refractivity contribution < 1.29 is 9.18 Å². The SMILES string of the molecule is O=C(Nc1cccc(F)c1)NC1C[C@H]2CCC[C@H](C1)N2Cc1ccccc1. The molecule has 2 aromatic rings. The third-order valence-electron chi connectivity index (χ3n) is 5.75. The first-order valence-electron chi connectivity index (χ1n) is 9.80. The van der Waals surface area contributed by atoms with Crippen LogP contribution < -0.4 is 10.6 Å². The van der Waals surface area contributed by atoms with Crippen LogP contribution in [0.1, 0.15) is 37.7 Å². The molecular formula is C22H26FN3O. The van der Waals surface area contributed by atoms with Crippen LogP contribution >= 0.6 is 0 Å². The lowest BCUT2D eigenvalue weighted by atomic mass is 9.81. The number of rotatable bonds is 4. The number of benzene rings is 2. The molecule has 0 spiro atoms. The average Bonchev–Trinajstić information content (AvgIpc) is 2.63. The van der Waals surface area contributed by atoms with Crippen LogP contribution in [0.5, 0.6) is 0 Å². The predicted molar refractivity (Wildman–Crippen MR) is 105 cm³/mol. The quantitative estimate of drug-likeness (QED) is 0.834. The number of piperidine rings is 2. The summed E-state index contributed by atoms with van der Waals surface area (Å²) >= 11 is 0. The normalized spacial score (nSPS) is 25.0. The molecule has 0 unspecified atom stereocenters. The Labute approximate surface area is 159 Å². The van der Waals surface area contributed by atoms with Gasteiger partial charge in [0.25, 0.3) is 0 Å². The Kier molecular flexibility index (Phi) is 5.39. The summed E-state index contributed by atoms with van der Waals surface area (Å²) in [5.74, 6) is -0.350. The molecule has 2 N–H and O–H groups in total. The number of hydrogen-bond donors (Lipinski definition) is 2. The van der Waals surface area contributed by atoms with Crippen LogP contribution in [-0.4, -0.2) is 29.1 Å². The van der Waals surface area contributed by atoms with Gasteiger partial charge < -0.3 is 10.6 Å². The topological polar surface area (TPSA) is 44.4 Å². The lowest BCUT2D eigenvalue weighted by Crippen LogP contribution is -2.56. The molecule has 5 heteroatoms. The molecule has 2 atom stereocenters. The third-order valence-corrected chi connectivity index (χ3v) is 5.75. The molecule has 0 saturated carbocycles. The Morgan fingerprint density at radius 1 is 1.04 bits per heavy atom. The Hall–Kier alpha value is -2.40. The molecule has 2 saturated heterocycles. The first-order chi connectivity index (χ1) is 13.2. The average molecular weight is 367 g/mol. The van der Waals surface area contributed by atoms with Crippen molar-refractivity contribution in [2.45, 2.75) is 56.8 Å². The van der Waals surface area contributed by atoms with Gasteiger partial charge in [-0.15, -0.1) is 0 Å². The molecule has 2 aliphatic rings. The van der Waals surface area contributed by atoms with E-state index in [1.807, 2.05) is 0 Å². The second-order valence-electron chi connectivity index (χ2n) is 7.67. The summed E-state index contributed by atoms with van der Waals surface area (Å²) in [5.41, 5.74) is 1.83. The molecule has 142 valence electrons. The number of anilines is 1. The Bertz CT molecular complexity index is 768. The molecule has 2 heterocycles. The molecule has 0 radical (unpaired) electrons. The van der Waals surface area contributed by atoms with Crippen LogP contribution in [-0.2, 0) is 6.54 Å². The van der Waals surface area contributed by atoms with Crippen molar-refractivity contribution in [3.8, 4) is 0 Å². The highest BCUT2D eigenvalue weighted by Crippen LogP contribution is 2.35. The standard InChI is InChI=1S/C22H26FN3O/c23-17-8-4-9-18(12-17)24-22(27)25-19-13-20-10-5-11-21(14-19)26(20)15-16-6-2-1-3-7-16/h1-4,6-9,12,19-21H,5,10-11,13-15H2,(H2,24,25,27)/t20-,21-/m1/s1. The molecule has 2 aliphatic heterocycles. The van der Waals surface area contributed by atoms with Gasteiger partial charge in [-0.05, 0) is 49.4 Å². The van der Waals surface area contributed by atoms with Gasteiger partial charge in [-0.3, -0.25) is 4.90 Å². The van der Waals surface area contributed by atoms with Gasteiger partial charge >= 0.3 is 6.03 Å². The summed E-state index contributed by atoms with van der Waals surface area (Å²) in [6, 6.07) is 17.5. The Morgan fingerprint density at radius 2 is 1.78 bits per heavy atom. The molecule has 2 bridgehead atoms. The van der Waals surface area contributed by atoms with Crippen molar-refractivity contribution >= 4 is 11.7 Å². The zero-order valence-corrected chi connectivity index (χ0v) is 15.4. The van der Waals surface area contributed by atoms with Gasteiger partial charge in [0.15, 0.2) is 0 Å². The van der Waals surface area contributed by atoms with Crippen molar-refractivity contribution in [2.24, 2.45) is 0 Å². The number of carbonyl (C=O) groups is 1. The van der Waals surface area contributed by atoms with E-state index in [0.29, 0.717) is 17.8 Å². The minimum atomic E-state index is -0.350. The number of nitrogens with one attached hydrogen (secondary N) is 2. The minimum absolute atomic E-state index is 0.167. The number of fused-ring (bicyclic) bond motifs is 2. The first-order valence-corrected chi connectivity index (χ1v) is 9.80. The van der Waals surface area contributed by atoms with E-state index in [4.69, 9.17) is 0 Å². The summed E-state index contributed by atoms with van der Waals surface area (Å²) < 4.78 is 13.3. The highest BCUT2D eigenvalue weighted by Gasteiger charge is 2.38. The van der Waals surface area contributed by atoms with Gasteiger partial charge in [0.05, 0.1) is 0 Å².